The minimum absolute atomic E-state index is 0.153. The molecule has 0 aliphatic heterocycles. The van der Waals surface area contributed by atoms with Gasteiger partial charge in [-0.2, -0.15) is 10.1 Å². The molecule has 9 nitrogen and oxygen atoms in total. The number of carbonyl (C=O) groups excluding carboxylic acids is 1. The van der Waals surface area contributed by atoms with Gasteiger partial charge in [0, 0.05) is 20.4 Å². The Bertz CT molecular complexity index is 1450. The standard InChI is InChI=1S/C22H25N7O2/c1-11-4-5-15-14(9-26-28-15)17(11)29-18(23)16(19(24)30)13-8-12(2)21(27-20(13)29)31-10-22(25-3)6-7-22/h4-5,8-9,25H,6-7,10,23H2,1-3H3,(H2,24,30)(H,26,28)/i3D3. The van der Waals surface area contributed by atoms with Crippen LogP contribution in [0.3, 0.4) is 0 Å². The highest BCUT2D eigenvalue weighted by atomic mass is 16.5. The molecule has 0 saturated heterocycles. The van der Waals surface area contributed by atoms with Crippen LogP contribution in [-0.2, 0) is 0 Å². The van der Waals surface area contributed by atoms with Gasteiger partial charge in [0.05, 0.1) is 28.5 Å². The molecule has 0 unspecified atom stereocenters. The summed E-state index contributed by atoms with van der Waals surface area (Å²) in [7, 11) is 0. The lowest BCUT2D eigenvalue weighted by atomic mass is 10.1. The number of hydrogen-bond donors (Lipinski definition) is 4. The van der Waals surface area contributed by atoms with E-state index < -0.39 is 18.4 Å². The van der Waals surface area contributed by atoms with Gasteiger partial charge in [-0.15, -0.1) is 0 Å². The van der Waals surface area contributed by atoms with Crippen LogP contribution in [0.1, 0.15) is 38.4 Å². The third kappa shape index (κ3) is 2.92. The molecule has 5 rings (SSSR count). The highest BCUT2D eigenvalue weighted by Crippen LogP contribution is 2.38. The van der Waals surface area contributed by atoms with Crippen molar-refractivity contribution in [3.63, 3.8) is 0 Å². The first-order valence-electron chi connectivity index (χ1n) is 11.5. The second-order valence-corrected chi connectivity index (χ2v) is 8.20. The fraction of sp³-hybridized carbons (Fsp3) is 0.318. The van der Waals surface area contributed by atoms with E-state index in [-0.39, 0.29) is 18.0 Å². The number of aryl methyl sites for hydroxylation is 2. The van der Waals surface area contributed by atoms with Gasteiger partial charge in [-0.3, -0.25) is 14.5 Å². The summed E-state index contributed by atoms with van der Waals surface area (Å²) in [5.41, 5.74) is 15.3. The number of benzene rings is 1. The lowest BCUT2D eigenvalue weighted by Gasteiger charge is -2.17. The highest BCUT2D eigenvalue weighted by Gasteiger charge is 2.42. The van der Waals surface area contributed by atoms with Gasteiger partial charge in [0.1, 0.15) is 12.4 Å². The van der Waals surface area contributed by atoms with Crippen LogP contribution in [-0.4, -0.2) is 44.8 Å². The van der Waals surface area contributed by atoms with E-state index in [0.29, 0.717) is 35.3 Å². The van der Waals surface area contributed by atoms with Gasteiger partial charge in [-0.1, -0.05) is 6.07 Å². The average molecular weight is 423 g/mol. The van der Waals surface area contributed by atoms with Crippen molar-refractivity contribution in [1.29, 1.82) is 0 Å². The number of pyridine rings is 1. The minimum atomic E-state index is -2.26. The summed E-state index contributed by atoms with van der Waals surface area (Å²) in [5.74, 6) is -0.157. The van der Waals surface area contributed by atoms with E-state index in [1.165, 1.54) is 0 Å². The van der Waals surface area contributed by atoms with E-state index in [4.69, 9.17) is 25.3 Å². The Morgan fingerprint density at radius 3 is 2.87 bits per heavy atom. The molecule has 3 heterocycles. The maximum absolute atomic E-state index is 12.4. The average Bonchev–Trinajstić information content (AvgIpc) is 3.20. The summed E-state index contributed by atoms with van der Waals surface area (Å²) < 4.78 is 30.2. The Morgan fingerprint density at radius 1 is 1.35 bits per heavy atom. The molecule has 9 heteroatoms. The van der Waals surface area contributed by atoms with Gasteiger partial charge >= 0.3 is 0 Å². The zero-order valence-electron chi connectivity index (χ0n) is 20.2. The molecule has 6 N–H and O–H groups in total. The molecule has 1 aromatic carbocycles. The predicted octanol–water partition coefficient (Wildman–Crippen LogP) is 2.33. The zero-order valence-corrected chi connectivity index (χ0v) is 17.2. The molecule has 0 spiro atoms. The van der Waals surface area contributed by atoms with Crippen molar-refractivity contribution in [1.82, 2.24) is 25.1 Å². The molecule has 0 bridgehead atoms. The maximum atomic E-state index is 12.4. The predicted molar refractivity (Wildman–Crippen MR) is 120 cm³/mol. The van der Waals surface area contributed by atoms with Crippen molar-refractivity contribution in [3.8, 4) is 11.6 Å². The molecule has 1 aliphatic rings. The number of ether oxygens (including phenoxy) is 1. The quantitative estimate of drug-likeness (QED) is 0.376. The van der Waals surface area contributed by atoms with Crippen molar-refractivity contribution in [2.24, 2.45) is 5.73 Å². The number of carbonyl (C=O) groups is 1. The second-order valence-electron chi connectivity index (χ2n) is 8.20. The zero-order chi connectivity index (χ0) is 24.4. The van der Waals surface area contributed by atoms with E-state index in [1.54, 1.807) is 23.8 Å². The third-order valence-corrected chi connectivity index (χ3v) is 6.00. The number of H-pyrrole nitrogens is 1. The van der Waals surface area contributed by atoms with E-state index in [9.17, 15) is 4.79 Å². The Labute approximate surface area is 183 Å². The number of rotatable bonds is 6. The minimum Gasteiger partial charge on any atom is -0.475 e. The van der Waals surface area contributed by atoms with E-state index >= 15 is 0 Å². The summed E-state index contributed by atoms with van der Waals surface area (Å²) in [4.78, 5) is 17.1. The van der Waals surface area contributed by atoms with E-state index in [1.807, 2.05) is 19.1 Å². The summed E-state index contributed by atoms with van der Waals surface area (Å²) in [6, 6.07) is 5.61. The number of primary amides is 1. The van der Waals surface area contributed by atoms with Gasteiger partial charge in [0.2, 0.25) is 5.88 Å². The SMILES string of the molecule is [2H]C([2H])([2H])NC1(COc2nc3c(cc2C)c(C(N)=O)c(N)n3-c2c(C)ccc3[nH]ncc23)CC1. The molecule has 31 heavy (non-hydrogen) atoms. The molecule has 4 aromatic rings. The number of amides is 1. The van der Waals surface area contributed by atoms with Gasteiger partial charge in [0.25, 0.3) is 5.91 Å². The van der Waals surface area contributed by atoms with Crippen molar-refractivity contribution in [2.45, 2.75) is 32.2 Å². The van der Waals surface area contributed by atoms with E-state index in [0.717, 1.165) is 22.2 Å². The number of likely N-dealkylation sites (N-methyl/N-ethyl adjacent to an activating group) is 1. The Kier molecular flexibility index (Phi) is 3.50. The summed E-state index contributed by atoms with van der Waals surface area (Å²) in [6.45, 7) is 1.63. The first-order valence-corrected chi connectivity index (χ1v) is 9.96. The van der Waals surface area contributed by atoms with Crippen LogP contribution < -0.4 is 21.5 Å². The van der Waals surface area contributed by atoms with Crippen LogP contribution in [0.15, 0.2) is 24.4 Å². The summed E-state index contributed by atoms with van der Waals surface area (Å²) in [6.07, 6.45) is 3.09. The molecule has 1 amide bonds. The van der Waals surface area contributed by atoms with Gasteiger partial charge in [-0.05, 0) is 51.4 Å². The Balaban J connectivity index is 1.66. The molecular formula is C22H25N7O2. The molecule has 3 aromatic heterocycles. The molecule has 1 fully saturated rings. The lowest BCUT2D eigenvalue weighted by molar-refractivity contribution is 0.100. The molecule has 1 aliphatic carbocycles. The first-order chi connectivity index (χ1) is 16.0. The monoisotopic (exact) mass is 422 g/mol. The van der Waals surface area contributed by atoms with Crippen LogP contribution in [0.4, 0.5) is 5.82 Å². The van der Waals surface area contributed by atoms with Crippen LogP contribution in [0, 0.1) is 13.8 Å². The molecular weight excluding hydrogens is 394 g/mol. The number of aromatic nitrogens is 4. The Morgan fingerprint density at radius 2 is 2.16 bits per heavy atom. The number of nitrogens with zero attached hydrogens (tertiary/aromatic N) is 3. The molecule has 160 valence electrons. The Hall–Kier alpha value is -3.59. The smallest absolute Gasteiger partial charge is 0.253 e. The molecule has 0 radical (unpaired) electrons. The van der Waals surface area contributed by atoms with Crippen LogP contribution in [0.5, 0.6) is 5.88 Å². The number of nitrogen functional groups attached to an aromatic ring is 1. The third-order valence-electron chi connectivity index (χ3n) is 6.00. The van der Waals surface area contributed by atoms with Crippen LogP contribution in [0.2, 0.25) is 0 Å². The number of aromatic amines is 1. The van der Waals surface area contributed by atoms with Crippen molar-refractivity contribution in [3.05, 3.63) is 41.1 Å². The van der Waals surface area contributed by atoms with Crippen molar-refractivity contribution < 1.29 is 13.6 Å². The van der Waals surface area contributed by atoms with Crippen LogP contribution >= 0.6 is 0 Å². The summed E-state index contributed by atoms with van der Waals surface area (Å²) in [5, 5.41) is 11.1. The van der Waals surface area contributed by atoms with Crippen LogP contribution in [0.25, 0.3) is 27.6 Å². The summed E-state index contributed by atoms with van der Waals surface area (Å²) >= 11 is 0. The number of anilines is 1. The van der Waals surface area contributed by atoms with Crippen molar-refractivity contribution in [2.75, 3.05) is 19.3 Å². The number of nitrogens with one attached hydrogen (secondary N) is 2. The fourth-order valence-corrected chi connectivity index (χ4v) is 4.01. The topological polar surface area (TPSA) is 137 Å². The normalized spacial score (nSPS) is 16.8. The lowest BCUT2D eigenvalue weighted by Crippen LogP contribution is -2.34. The second kappa shape index (κ2) is 6.71. The molecule has 0 atom stereocenters. The van der Waals surface area contributed by atoms with Gasteiger partial charge < -0.3 is 21.5 Å². The van der Waals surface area contributed by atoms with E-state index in [2.05, 4.69) is 15.5 Å². The van der Waals surface area contributed by atoms with Crippen molar-refractivity contribution >= 4 is 33.7 Å². The largest absolute Gasteiger partial charge is 0.475 e. The number of hydrogen-bond acceptors (Lipinski definition) is 6. The maximum Gasteiger partial charge on any atom is 0.253 e. The fourth-order valence-electron chi connectivity index (χ4n) is 4.01. The number of fused-ring (bicyclic) bond motifs is 2. The number of nitrogens with two attached hydrogens (primary N) is 2. The highest BCUT2D eigenvalue weighted by molar-refractivity contribution is 6.11. The molecule has 1 saturated carbocycles. The van der Waals surface area contributed by atoms with Gasteiger partial charge in [-0.25, -0.2) is 0 Å². The first kappa shape index (κ1) is 16.1. The van der Waals surface area contributed by atoms with Gasteiger partial charge in [0.15, 0.2) is 5.65 Å².